The summed E-state index contributed by atoms with van der Waals surface area (Å²) < 4.78 is 18.7. The van der Waals surface area contributed by atoms with Gasteiger partial charge < -0.3 is 9.42 Å². The molecule has 0 saturated carbocycles. The van der Waals surface area contributed by atoms with Gasteiger partial charge in [-0.2, -0.15) is 4.98 Å². The molecule has 144 valence electrons. The second kappa shape index (κ2) is 7.72. The van der Waals surface area contributed by atoms with Crippen molar-refractivity contribution in [2.45, 2.75) is 32.2 Å². The number of hydrogen-bond donors (Lipinski definition) is 0. The van der Waals surface area contributed by atoms with E-state index < -0.39 is 5.82 Å². The van der Waals surface area contributed by atoms with Crippen molar-refractivity contribution >= 4 is 17.5 Å². The van der Waals surface area contributed by atoms with Gasteiger partial charge in [-0.3, -0.25) is 4.79 Å². The number of hydrogen-bond acceptors (Lipinski definition) is 4. The average molecular weight is 400 g/mol. The predicted octanol–water partition coefficient (Wildman–Crippen LogP) is 4.61. The molecular weight excluding hydrogens is 381 g/mol. The van der Waals surface area contributed by atoms with Crippen LogP contribution in [0.1, 0.15) is 36.3 Å². The van der Waals surface area contributed by atoms with Crippen molar-refractivity contribution < 1.29 is 13.7 Å². The van der Waals surface area contributed by atoms with Crippen LogP contribution in [0.4, 0.5) is 4.39 Å². The molecule has 0 bridgehead atoms. The number of halogens is 2. The summed E-state index contributed by atoms with van der Waals surface area (Å²) in [6, 6.07) is 12.5. The van der Waals surface area contributed by atoms with Crippen molar-refractivity contribution in [1.82, 2.24) is 15.0 Å². The zero-order valence-corrected chi connectivity index (χ0v) is 16.1. The van der Waals surface area contributed by atoms with Crippen LogP contribution >= 0.6 is 11.6 Å². The first kappa shape index (κ1) is 18.6. The molecule has 1 saturated heterocycles. The zero-order valence-electron chi connectivity index (χ0n) is 15.4. The predicted molar refractivity (Wildman–Crippen MR) is 103 cm³/mol. The number of amides is 1. The summed E-state index contributed by atoms with van der Waals surface area (Å²) in [5, 5.41) is 4.12. The van der Waals surface area contributed by atoms with Gasteiger partial charge in [-0.05, 0) is 29.7 Å². The molecule has 2 aromatic carbocycles. The molecule has 1 unspecified atom stereocenters. The Balaban J connectivity index is 1.46. The van der Waals surface area contributed by atoms with Crippen LogP contribution < -0.4 is 0 Å². The van der Waals surface area contributed by atoms with E-state index in [4.69, 9.17) is 16.1 Å². The van der Waals surface area contributed by atoms with Crippen LogP contribution in [0.2, 0.25) is 5.02 Å². The zero-order chi connectivity index (χ0) is 19.7. The smallest absolute Gasteiger partial charge is 0.232 e. The van der Waals surface area contributed by atoms with Gasteiger partial charge in [0, 0.05) is 25.1 Å². The molecule has 2 heterocycles. The maximum absolute atomic E-state index is 13.3. The van der Waals surface area contributed by atoms with E-state index in [1.165, 1.54) is 11.6 Å². The second-order valence-electron chi connectivity index (χ2n) is 6.93. The first-order chi connectivity index (χ1) is 13.5. The average Bonchev–Trinajstić information content (AvgIpc) is 3.32. The van der Waals surface area contributed by atoms with Crippen LogP contribution in [-0.4, -0.2) is 27.5 Å². The normalized spacial score (nSPS) is 16.8. The third kappa shape index (κ3) is 3.78. The van der Waals surface area contributed by atoms with E-state index in [-0.39, 0.29) is 16.8 Å². The van der Waals surface area contributed by atoms with Gasteiger partial charge in [-0.1, -0.05) is 54.0 Å². The number of benzene rings is 2. The minimum absolute atomic E-state index is 0.00232. The monoisotopic (exact) mass is 399 g/mol. The Labute approximate surface area is 167 Å². The van der Waals surface area contributed by atoms with Crippen LogP contribution in [0, 0.1) is 5.82 Å². The molecule has 1 fully saturated rings. The van der Waals surface area contributed by atoms with Gasteiger partial charge in [0.2, 0.25) is 17.6 Å². The lowest BCUT2D eigenvalue weighted by Crippen LogP contribution is -2.24. The van der Waals surface area contributed by atoms with Crippen LogP contribution in [0.5, 0.6) is 0 Å². The minimum atomic E-state index is -0.471. The molecule has 28 heavy (non-hydrogen) atoms. The molecular formula is C21H19ClFN3O2. The molecule has 1 aromatic heterocycles. The quantitative estimate of drug-likeness (QED) is 0.628. The highest BCUT2D eigenvalue weighted by Crippen LogP contribution is 2.30. The molecule has 7 heteroatoms. The van der Waals surface area contributed by atoms with Crippen LogP contribution in [0.3, 0.4) is 0 Å². The summed E-state index contributed by atoms with van der Waals surface area (Å²) >= 11 is 5.83. The highest BCUT2D eigenvalue weighted by Gasteiger charge is 2.34. The van der Waals surface area contributed by atoms with E-state index in [0.717, 1.165) is 17.5 Å². The second-order valence-corrected chi connectivity index (χ2v) is 7.34. The molecule has 4 rings (SSSR count). The van der Waals surface area contributed by atoms with Crippen LogP contribution in [0.25, 0.3) is 11.4 Å². The van der Waals surface area contributed by atoms with Gasteiger partial charge in [-0.25, -0.2) is 4.39 Å². The maximum Gasteiger partial charge on any atom is 0.232 e. The van der Waals surface area contributed by atoms with Gasteiger partial charge in [0.25, 0.3) is 0 Å². The Kier molecular flexibility index (Phi) is 5.13. The van der Waals surface area contributed by atoms with E-state index >= 15 is 0 Å². The largest absolute Gasteiger partial charge is 0.339 e. The number of carbonyl (C=O) groups is 1. The molecule has 1 atom stereocenters. The van der Waals surface area contributed by atoms with E-state index in [2.05, 4.69) is 17.1 Å². The summed E-state index contributed by atoms with van der Waals surface area (Å²) in [4.78, 5) is 18.6. The first-order valence-electron chi connectivity index (χ1n) is 9.18. The van der Waals surface area contributed by atoms with Gasteiger partial charge in [-0.15, -0.1) is 0 Å². The minimum Gasteiger partial charge on any atom is -0.339 e. The van der Waals surface area contributed by atoms with E-state index in [1.54, 1.807) is 17.0 Å². The van der Waals surface area contributed by atoms with Gasteiger partial charge in [0.05, 0.1) is 10.9 Å². The third-order valence-electron chi connectivity index (χ3n) is 4.98. The van der Waals surface area contributed by atoms with E-state index in [9.17, 15) is 9.18 Å². The number of carbonyl (C=O) groups excluding carboxylic acids is 1. The van der Waals surface area contributed by atoms with Crippen molar-refractivity contribution in [3.8, 4) is 11.4 Å². The lowest BCUT2D eigenvalue weighted by molar-refractivity contribution is -0.128. The fraction of sp³-hybridized carbons (Fsp3) is 0.286. The fourth-order valence-corrected chi connectivity index (χ4v) is 3.56. The van der Waals surface area contributed by atoms with Crippen molar-refractivity contribution in [3.05, 3.63) is 70.3 Å². The number of rotatable bonds is 5. The summed E-state index contributed by atoms with van der Waals surface area (Å²) in [7, 11) is 0. The van der Waals surface area contributed by atoms with Gasteiger partial charge in [0.15, 0.2) is 0 Å². The highest BCUT2D eigenvalue weighted by atomic mass is 35.5. The summed E-state index contributed by atoms with van der Waals surface area (Å²) in [6.07, 6.45) is 1.28. The molecule has 0 radical (unpaired) electrons. The molecule has 1 amide bonds. The molecule has 5 nitrogen and oxygen atoms in total. The van der Waals surface area contributed by atoms with Crippen LogP contribution in [0.15, 0.2) is 47.0 Å². The Bertz CT molecular complexity index is 1000. The SMILES string of the molecule is CCc1ccc(-c2noc(C3CC(=O)N(Cc4ccc(F)c(Cl)c4)C3)n2)cc1. The molecule has 3 aromatic rings. The number of aryl methyl sites for hydroxylation is 1. The Morgan fingerprint density at radius 1 is 1.21 bits per heavy atom. The highest BCUT2D eigenvalue weighted by molar-refractivity contribution is 6.30. The standard InChI is InChI=1S/C21H19ClFN3O2/c1-2-13-3-6-15(7-4-13)20-24-21(28-25-20)16-10-19(27)26(12-16)11-14-5-8-18(23)17(22)9-14/h3-9,16H,2,10-12H2,1H3. The topological polar surface area (TPSA) is 59.2 Å². The van der Waals surface area contributed by atoms with Crippen molar-refractivity contribution in [2.24, 2.45) is 0 Å². The fourth-order valence-electron chi connectivity index (χ4n) is 3.36. The Morgan fingerprint density at radius 3 is 2.68 bits per heavy atom. The molecule has 0 N–H and O–H groups in total. The number of likely N-dealkylation sites (tertiary alicyclic amines) is 1. The van der Waals surface area contributed by atoms with Gasteiger partial charge >= 0.3 is 0 Å². The van der Waals surface area contributed by atoms with Crippen molar-refractivity contribution in [2.75, 3.05) is 6.54 Å². The Hall–Kier alpha value is -2.73. The molecule has 0 aliphatic carbocycles. The number of aromatic nitrogens is 2. The van der Waals surface area contributed by atoms with Crippen molar-refractivity contribution in [1.29, 1.82) is 0 Å². The lowest BCUT2D eigenvalue weighted by Gasteiger charge is -2.16. The summed E-state index contributed by atoms with van der Waals surface area (Å²) in [5.41, 5.74) is 2.90. The molecule has 0 spiro atoms. The summed E-state index contributed by atoms with van der Waals surface area (Å²) in [6.45, 7) is 2.95. The molecule has 1 aliphatic rings. The van der Waals surface area contributed by atoms with Gasteiger partial charge in [0.1, 0.15) is 5.82 Å². The van der Waals surface area contributed by atoms with E-state index in [1.807, 2.05) is 24.3 Å². The molecule has 1 aliphatic heterocycles. The first-order valence-corrected chi connectivity index (χ1v) is 9.56. The Morgan fingerprint density at radius 2 is 1.96 bits per heavy atom. The number of nitrogens with zero attached hydrogens (tertiary/aromatic N) is 3. The van der Waals surface area contributed by atoms with Crippen LogP contribution in [-0.2, 0) is 17.8 Å². The van der Waals surface area contributed by atoms with E-state index in [0.29, 0.717) is 31.2 Å². The van der Waals surface area contributed by atoms with Crippen molar-refractivity contribution in [3.63, 3.8) is 0 Å². The maximum atomic E-state index is 13.3. The third-order valence-corrected chi connectivity index (χ3v) is 5.27. The summed E-state index contributed by atoms with van der Waals surface area (Å²) in [5.74, 6) is 0.356. The lowest BCUT2D eigenvalue weighted by atomic mass is 10.1.